The van der Waals surface area contributed by atoms with E-state index in [0.29, 0.717) is 18.9 Å². The van der Waals surface area contributed by atoms with E-state index < -0.39 is 0 Å². The molecule has 0 radical (unpaired) electrons. The number of hydrogen-bond donors (Lipinski definition) is 2. The Kier molecular flexibility index (Phi) is 8.35. The van der Waals surface area contributed by atoms with Crippen LogP contribution in [0.25, 0.3) is 0 Å². The molecule has 1 aromatic carbocycles. The molecular formula is C16H25ClN2O2. The number of anilines is 1. The second kappa shape index (κ2) is 9.77. The van der Waals surface area contributed by atoms with E-state index in [1.807, 2.05) is 24.3 Å². The molecule has 0 aromatic heterocycles. The van der Waals surface area contributed by atoms with Gasteiger partial charge in [0.15, 0.2) is 0 Å². The van der Waals surface area contributed by atoms with E-state index in [1.54, 1.807) is 7.11 Å². The van der Waals surface area contributed by atoms with Gasteiger partial charge in [0.05, 0.1) is 6.61 Å². The molecule has 5 heteroatoms. The molecule has 0 unspecified atom stereocenters. The highest BCUT2D eigenvalue weighted by Crippen LogP contribution is 2.18. The van der Waals surface area contributed by atoms with E-state index in [4.69, 9.17) is 4.74 Å². The summed E-state index contributed by atoms with van der Waals surface area (Å²) in [6, 6.07) is 7.82. The summed E-state index contributed by atoms with van der Waals surface area (Å²) >= 11 is 0. The SMILES string of the molecule is COCc1cccc(NC(=O)CCC2CCNCC2)c1.Cl. The van der Waals surface area contributed by atoms with Gasteiger partial charge in [0.25, 0.3) is 0 Å². The number of nitrogens with one attached hydrogen (secondary N) is 2. The zero-order valence-corrected chi connectivity index (χ0v) is 13.4. The summed E-state index contributed by atoms with van der Waals surface area (Å²) in [5.74, 6) is 0.805. The van der Waals surface area contributed by atoms with E-state index in [0.717, 1.165) is 30.8 Å². The van der Waals surface area contributed by atoms with Crippen molar-refractivity contribution in [1.82, 2.24) is 5.32 Å². The number of piperidine rings is 1. The molecule has 0 bridgehead atoms. The number of hydrogen-bond acceptors (Lipinski definition) is 3. The first kappa shape index (κ1) is 18.0. The van der Waals surface area contributed by atoms with E-state index >= 15 is 0 Å². The fraction of sp³-hybridized carbons (Fsp3) is 0.562. The minimum Gasteiger partial charge on any atom is -0.380 e. The first-order chi connectivity index (χ1) is 9.78. The molecule has 1 aliphatic heterocycles. The number of halogens is 1. The molecule has 4 nitrogen and oxygen atoms in total. The van der Waals surface area contributed by atoms with Crippen LogP contribution >= 0.6 is 12.4 Å². The highest BCUT2D eigenvalue weighted by atomic mass is 35.5. The third kappa shape index (κ3) is 6.46. The Bertz CT molecular complexity index is 434. The van der Waals surface area contributed by atoms with Crippen LogP contribution < -0.4 is 10.6 Å². The van der Waals surface area contributed by atoms with Crippen LogP contribution in [0.4, 0.5) is 5.69 Å². The Morgan fingerprint density at radius 1 is 1.38 bits per heavy atom. The smallest absolute Gasteiger partial charge is 0.224 e. The van der Waals surface area contributed by atoms with Gasteiger partial charge in [-0.2, -0.15) is 0 Å². The molecule has 1 heterocycles. The lowest BCUT2D eigenvalue weighted by Gasteiger charge is -2.22. The largest absolute Gasteiger partial charge is 0.380 e. The fourth-order valence-corrected chi connectivity index (χ4v) is 2.63. The normalized spacial score (nSPS) is 15.3. The van der Waals surface area contributed by atoms with E-state index in [-0.39, 0.29) is 18.3 Å². The monoisotopic (exact) mass is 312 g/mol. The Morgan fingerprint density at radius 3 is 2.86 bits per heavy atom. The Labute approximate surface area is 133 Å². The van der Waals surface area contributed by atoms with Crippen molar-refractivity contribution in [2.75, 3.05) is 25.5 Å². The molecule has 2 rings (SSSR count). The van der Waals surface area contributed by atoms with Crippen molar-refractivity contribution in [3.05, 3.63) is 29.8 Å². The number of benzene rings is 1. The summed E-state index contributed by atoms with van der Waals surface area (Å²) in [6.45, 7) is 2.75. The fourth-order valence-electron chi connectivity index (χ4n) is 2.63. The van der Waals surface area contributed by atoms with Gasteiger partial charge in [-0.3, -0.25) is 4.79 Å². The van der Waals surface area contributed by atoms with Crippen LogP contribution in [0, 0.1) is 5.92 Å². The van der Waals surface area contributed by atoms with Crippen LogP contribution in [-0.2, 0) is 16.1 Å². The molecule has 1 aliphatic rings. The first-order valence-corrected chi connectivity index (χ1v) is 7.36. The van der Waals surface area contributed by atoms with Gasteiger partial charge in [-0.15, -0.1) is 12.4 Å². The van der Waals surface area contributed by atoms with E-state index in [2.05, 4.69) is 10.6 Å². The van der Waals surface area contributed by atoms with Crippen molar-refractivity contribution in [2.45, 2.75) is 32.3 Å². The standard InChI is InChI=1S/C16H24N2O2.ClH/c1-20-12-14-3-2-4-15(11-14)18-16(19)6-5-13-7-9-17-10-8-13;/h2-4,11,13,17H,5-10,12H2,1H3,(H,18,19);1H. The molecule has 0 atom stereocenters. The molecule has 1 saturated heterocycles. The third-order valence-corrected chi connectivity index (χ3v) is 3.76. The van der Waals surface area contributed by atoms with Crippen LogP contribution in [0.2, 0.25) is 0 Å². The quantitative estimate of drug-likeness (QED) is 0.849. The average Bonchev–Trinajstić information content (AvgIpc) is 2.47. The molecule has 1 aromatic rings. The second-order valence-corrected chi connectivity index (χ2v) is 5.41. The summed E-state index contributed by atoms with van der Waals surface area (Å²) in [5, 5.41) is 6.32. The van der Waals surface area contributed by atoms with Gasteiger partial charge in [-0.25, -0.2) is 0 Å². The summed E-state index contributed by atoms with van der Waals surface area (Å²) in [4.78, 5) is 12.0. The molecule has 1 amide bonds. The summed E-state index contributed by atoms with van der Waals surface area (Å²) < 4.78 is 5.10. The van der Waals surface area contributed by atoms with Crippen LogP contribution in [0.1, 0.15) is 31.2 Å². The van der Waals surface area contributed by atoms with Gasteiger partial charge in [0, 0.05) is 19.2 Å². The van der Waals surface area contributed by atoms with Crippen LogP contribution in [-0.4, -0.2) is 26.1 Å². The number of methoxy groups -OCH3 is 1. The maximum Gasteiger partial charge on any atom is 0.224 e. The van der Waals surface area contributed by atoms with Crippen LogP contribution in [0.15, 0.2) is 24.3 Å². The molecular weight excluding hydrogens is 288 g/mol. The summed E-state index contributed by atoms with van der Waals surface area (Å²) in [6.07, 6.45) is 3.98. The first-order valence-electron chi connectivity index (χ1n) is 7.36. The molecule has 118 valence electrons. The summed E-state index contributed by atoms with van der Waals surface area (Å²) in [5.41, 5.74) is 1.93. The van der Waals surface area contributed by atoms with Crippen molar-refractivity contribution in [2.24, 2.45) is 5.92 Å². The highest BCUT2D eigenvalue weighted by Gasteiger charge is 2.14. The molecule has 0 saturated carbocycles. The topological polar surface area (TPSA) is 50.4 Å². The van der Waals surface area contributed by atoms with Crippen molar-refractivity contribution in [3.8, 4) is 0 Å². The minimum absolute atomic E-state index is 0. The van der Waals surface area contributed by atoms with Gasteiger partial charge in [0.2, 0.25) is 5.91 Å². The Hall–Kier alpha value is -1.10. The number of amides is 1. The van der Waals surface area contributed by atoms with Crippen molar-refractivity contribution >= 4 is 24.0 Å². The van der Waals surface area contributed by atoms with Gasteiger partial charge in [0.1, 0.15) is 0 Å². The minimum atomic E-state index is 0. The zero-order chi connectivity index (χ0) is 14.2. The van der Waals surface area contributed by atoms with E-state index in [9.17, 15) is 4.79 Å². The molecule has 1 fully saturated rings. The van der Waals surface area contributed by atoms with Crippen LogP contribution in [0.5, 0.6) is 0 Å². The Morgan fingerprint density at radius 2 is 2.14 bits per heavy atom. The van der Waals surface area contributed by atoms with Crippen molar-refractivity contribution < 1.29 is 9.53 Å². The molecule has 21 heavy (non-hydrogen) atoms. The summed E-state index contributed by atoms with van der Waals surface area (Å²) in [7, 11) is 1.67. The van der Waals surface area contributed by atoms with E-state index in [1.165, 1.54) is 12.8 Å². The van der Waals surface area contributed by atoms with Gasteiger partial charge >= 0.3 is 0 Å². The molecule has 2 N–H and O–H groups in total. The lowest BCUT2D eigenvalue weighted by Crippen LogP contribution is -2.28. The van der Waals surface area contributed by atoms with Gasteiger partial charge < -0.3 is 15.4 Å². The second-order valence-electron chi connectivity index (χ2n) is 5.41. The third-order valence-electron chi connectivity index (χ3n) is 3.76. The van der Waals surface area contributed by atoms with Crippen molar-refractivity contribution in [3.63, 3.8) is 0 Å². The van der Waals surface area contributed by atoms with Crippen LogP contribution in [0.3, 0.4) is 0 Å². The zero-order valence-electron chi connectivity index (χ0n) is 12.6. The molecule has 0 spiro atoms. The number of carbonyl (C=O) groups is 1. The predicted octanol–water partition coefficient (Wildman–Crippen LogP) is 2.97. The van der Waals surface area contributed by atoms with Gasteiger partial charge in [-0.05, 0) is 56.0 Å². The lowest BCUT2D eigenvalue weighted by atomic mass is 9.93. The maximum absolute atomic E-state index is 12.0. The van der Waals surface area contributed by atoms with Gasteiger partial charge in [-0.1, -0.05) is 12.1 Å². The maximum atomic E-state index is 12.0. The number of rotatable bonds is 6. The lowest BCUT2D eigenvalue weighted by molar-refractivity contribution is -0.116. The number of carbonyl (C=O) groups excluding carboxylic acids is 1. The number of ether oxygens (including phenoxy) is 1. The highest BCUT2D eigenvalue weighted by molar-refractivity contribution is 5.90. The average molecular weight is 313 g/mol. The molecule has 0 aliphatic carbocycles. The Balaban J connectivity index is 0.00000220. The predicted molar refractivity (Wildman–Crippen MR) is 87.9 cm³/mol. The van der Waals surface area contributed by atoms with Crippen molar-refractivity contribution in [1.29, 1.82) is 0 Å².